The van der Waals surface area contributed by atoms with Crippen LogP contribution in [0.5, 0.6) is 0 Å². The summed E-state index contributed by atoms with van der Waals surface area (Å²) in [6.45, 7) is 3.63. The van der Waals surface area contributed by atoms with Gasteiger partial charge in [-0.05, 0) is 37.5 Å². The van der Waals surface area contributed by atoms with E-state index in [2.05, 4.69) is 4.72 Å². The van der Waals surface area contributed by atoms with Crippen LogP contribution < -0.4 is 4.72 Å². The fourth-order valence-corrected chi connectivity index (χ4v) is 1.93. The minimum Gasteiger partial charge on any atom is -0.215 e. The zero-order valence-electron chi connectivity index (χ0n) is 9.46. The summed E-state index contributed by atoms with van der Waals surface area (Å²) in [5.74, 6) is -0.159. The number of aryl methyl sites for hydroxylation is 1. The van der Waals surface area contributed by atoms with Crippen molar-refractivity contribution in [1.82, 2.24) is 4.72 Å². The van der Waals surface area contributed by atoms with E-state index in [4.69, 9.17) is 0 Å². The lowest BCUT2D eigenvalue weighted by atomic mass is 10.1. The van der Waals surface area contributed by atoms with E-state index in [0.717, 1.165) is 5.56 Å². The predicted octanol–water partition coefficient (Wildman–Crippen LogP) is 1.62. The molecule has 0 saturated heterocycles. The van der Waals surface area contributed by atoms with E-state index in [1.165, 1.54) is 6.07 Å². The van der Waals surface area contributed by atoms with Crippen molar-refractivity contribution in [1.29, 1.82) is 0 Å². The van der Waals surface area contributed by atoms with Crippen LogP contribution in [0, 0.1) is 12.7 Å². The molecule has 0 aliphatic rings. The molecule has 0 aliphatic carbocycles. The van der Waals surface area contributed by atoms with Gasteiger partial charge in [0.15, 0.2) is 0 Å². The van der Waals surface area contributed by atoms with Crippen molar-refractivity contribution in [3.05, 3.63) is 35.1 Å². The molecule has 0 spiro atoms. The summed E-state index contributed by atoms with van der Waals surface area (Å²) >= 11 is 0. The first-order valence-corrected chi connectivity index (χ1v) is 6.82. The van der Waals surface area contributed by atoms with Crippen LogP contribution in [-0.4, -0.2) is 20.7 Å². The van der Waals surface area contributed by atoms with Crippen LogP contribution in [0.1, 0.15) is 18.1 Å². The van der Waals surface area contributed by atoms with Crippen LogP contribution >= 0.6 is 0 Å². The molecule has 3 nitrogen and oxygen atoms in total. The average molecular weight is 245 g/mol. The van der Waals surface area contributed by atoms with E-state index in [1.54, 1.807) is 26.0 Å². The van der Waals surface area contributed by atoms with Gasteiger partial charge in [0.25, 0.3) is 0 Å². The van der Waals surface area contributed by atoms with Crippen LogP contribution in [0.2, 0.25) is 0 Å². The first-order valence-electron chi connectivity index (χ1n) is 5.17. The van der Waals surface area contributed by atoms with E-state index in [1.807, 2.05) is 0 Å². The molecule has 0 heterocycles. The van der Waals surface area contributed by atoms with E-state index < -0.39 is 10.0 Å². The first-order chi connectivity index (χ1) is 7.44. The Morgan fingerprint density at radius 1 is 1.38 bits per heavy atom. The van der Waals surface area contributed by atoms with Gasteiger partial charge in [0, 0.05) is 6.54 Å². The van der Waals surface area contributed by atoms with Gasteiger partial charge >= 0.3 is 0 Å². The third-order valence-electron chi connectivity index (χ3n) is 2.34. The molecule has 0 amide bonds. The molecule has 90 valence electrons. The second-order valence-corrected chi connectivity index (χ2v) is 5.73. The first kappa shape index (κ1) is 13.1. The minimum atomic E-state index is -3.13. The van der Waals surface area contributed by atoms with Gasteiger partial charge in [0.2, 0.25) is 10.0 Å². The molecule has 1 aromatic carbocycles. The highest BCUT2D eigenvalue weighted by atomic mass is 32.2. The molecule has 0 aliphatic heterocycles. The van der Waals surface area contributed by atoms with Crippen LogP contribution in [0.4, 0.5) is 4.39 Å². The lowest BCUT2D eigenvalue weighted by Crippen LogP contribution is -2.27. The fraction of sp³-hybridized carbons (Fsp3) is 0.455. The van der Waals surface area contributed by atoms with E-state index >= 15 is 0 Å². The fourth-order valence-electron chi connectivity index (χ4n) is 1.32. The predicted molar refractivity (Wildman–Crippen MR) is 62.3 cm³/mol. The summed E-state index contributed by atoms with van der Waals surface area (Å²) in [6, 6.07) is 4.80. The van der Waals surface area contributed by atoms with E-state index in [9.17, 15) is 12.8 Å². The molecule has 5 heteroatoms. The van der Waals surface area contributed by atoms with Gasteiger partial charge in [-0.25, -0.2) is 17.5 Å². The van der Waals surface area contributed by atoms with Crippen molar-refractivity contribution < 1.29 is 12.8 Å². The molecular formula is C11H16FNO2S. The zero-order valence-corrected chi connectivity index (χ0v) is 10.3. The van der Waals surface area contributed by atoms with Crippen molar-refractivity contribution >= 4 is 10.0 Å². The molecule has 1 aromatic rings. The maximum atomic E-state index is 13.0. The molecule has 0 unspecified atom stereocenters. The molecule has 16 heavy (non-hydrogen) atoms. The van der Waals surface area contributed by atoms with Crippen LogP contribution in [0.3, 0.4) is 0 Å². The molecular weight excluding hydrogens is 229 g/mol. The lowest BCUT2D eigenvalue weighted by molar-refractivity contribution is 0.582. The molecule has 0 fully saturated rings. The SMILES string of the molecule is CCS(=O)(=O)NCCc1ccc(F)c(C)c1. The molecule has 0 aromatic heterocycles. The topological polar surface area (TPSA) is 46.2 Å². The maximum absolute atomic E-state index is 13.0. The Morgan fingerprint density at radius 3 is 2.62 bits per heavy atom. The third-order valence-corrected chi connectivity index (χ3v) is 3.74. The minimum absolute atomic E-state index is 0.0788. The summed E-state index contributed by atoms with van der Waals surface area (Å²) in [5, 5.41) is 0. The number of rotatable bonds is 5. The van der Waals surface area contributed by atoms with Gasteiger partial charge in [-0.1, -0.05) is 12.1 Å². The lowest BCUT2D eigenvalue weighted by Gasteiger charge is -2.05. The van der Waals surface area contributed by atoms with Gasteiger partial charge < -0.3 is 0 Å². The summed E-state index contributed by atoms with van der Waals surface area (Å²) in [4.78, 5) is 0. The Morgan fingerprint density at radius 2 is 2.06 bits per heavy atom. The average Bonchev–Trinajstić information content (AvgIpc) is 2.23. The Labute approximate surface area is 95.7 Å². The van der Waals surface area contributed by atoms with Gasteiger partial charge in [0.05, 0.1) is 5.75 Å². The number of nitrogens with one attached hydrogen (secondary N) is 1. The highest BCUT2D eigenvalue weighted by molar-refractivity contribution is 7.89. The second-order valence-electron chi connectivity index (χ2n) is 3.63. The molecule has 0 atom stereocenters. The number of hydrogen-bond donors (Lipinski definition) is 1. The third kappa shape index (κ3) is 3.90. The van der Waals surface area contributed by atoms with Crippen molar-refractivity contribution in [2.45, 2.75) is 20.3 Å². The summed E-state index contributed by atoms with van der Waals surface area (Å²) < 4.78 is 37.7. The normalized spacial score (nSPS) is 11.7. The Hall–Kier alpha value is -0.940. The molecule has 0 bridgehead atoms. The maximum Gasteiger partial charge on any atom is 0.211 e. The van der Waals surface area contributed by atoms with Crippen molar-refractivity contribution in [2.24, 2.45) is 0 Å². The Bertz CT molecular complexity index is 457. The van der Waals surface area contributed by atoms with Crippen molar-refractivity contribution in [2.75, 3.05) is 12.3 Å². The summed E-state index contributed by atoms with van der Waals surface area (Å²) in [7, 11) is -3.13. The van der Waals surface area contributed by atoms with Gasteiger partial charge in [-0.2, -0.15) is 0 Å². The smallest absolute Gasteiger partial charge is 0.211 e. The van der Waals surface area contributed by atoms with Crippen molar-refractivity contribution in [3.8, 4) is 0 Å². The monoisotopic (exact) mass is 245 g/mol. The molecule has 1 N–H and O–H groups in total. The highest BCUT2D eigenvalue weighted by Gasteiger charge is 2.05. The standard InChI is InChI=1S/C11H16FNO2S/c1-3-16(14,15)13-7-6-10-4-5-11(12)9(2)8-10/h4-5,8,13H,3,6-7H2,1-2H3. The van der Waals surface area contributed by atoms with Gasteiger partial charge in [0.1, 0.15) is 5.82 Å². The van der Waals surface area contributed by atoms with Crippen molar-refractivity contribution in [3.63, 3.8) is 0 Å². The largest absolute Gasteiger partial charge is 0.215 e. The summed E-state index contributed by atoms with van der Waals surface area (Å²) in [6.07, 6.45) is 0.570. The number of halogens is 1. The van der Waals surface area contributed by atoms with E-state index in [-0.39, 0.29) is 11.6 Å². The number of benzene rings is 1. The zero-order chi connectivity index (χ0) is 12.2. The number of hydrogen-bond acceptors (Lipinski definition) is 2. The van der Waals surface area contributed by atoms with Gasteiger partial charge in [-0.3, -0.25) is 0 Å². The molecule has 0 radical (unpaired) electrons. The molecule has 0 saturated carbocycles. The second kappa shape index (κ2) is 5.41. The van der Waals surface area contributed by atoms with E-state index in [0.29, 0.717) is 18.5 Å². The van der Waals surface area contributed by atoms with Crippen LogP contribution in [0.15, 0.2) is 18.2 Å². The summed E-state index contributed by atoms with van der Waals surface area (Å²) in [5.41, 5.74) is 1.51. The highest BCUT2D eigenvalue weighted by Crippen LogP contribution is 2.09. The van der Waals surface area contributed by atoms with Crippen LogP contribution in [-0.2, 0) is 16.4 Å². The Kier molecular flexibility index (Phi) is 4.44. The quantitative estimate of drug-likeness (QED) is 0.856. The number of sulfonamides is 1. The molecule has 1 rings (SSSR count). The van der Waals surface area contributed by atoms with Gasteiger partial charge in [-0.15, -0.1) is 0 Å². The Balaban J connectivity index is 2.53. The van der Waals surface area contributed by atoms with Crippen LogP contribution in [0.25, 0.3) is 0 Å².